The zero-order valence-electron chi connectivity index (χ0n) is 3.80. The van der Waals surface area contributed by atoms with E-state index in [-0.39, 0.29) is 0 Å². The first kappa shape index (κ1) is 6.15. The highest BCUT2D eigenvalue weighted by atomic mass is 127. The van der Waals surface area contributed by atoms with Gasteiger partial charge in [-0.2, -0.15) is 0 Å². The van der Waals surface area contributed by atoms with Gasteiger partial charge in [0.15, 0.2) is 6.29 Å². The number of hydrogen-bond donors (Lipinski definition) is 0. The molecule has 1 rings (SSSR count). The first-order valence-electron chi connectivity index (χ1n) is 1.88. The first-order chi connectivity index (χ1) is 3.84. The lowest BCUT2D eigenvalue weighted by molar-refractivity contribution is 0.112. The highest BCUT2D eigenvalue weighted by Crippen LogP contribution is 2.11. The van der Waals surface area contributed by atoms with Crippen molar-refractivity contribution in [2.45, 2.75) is 0 Å². The molecule has 0 amide bonds. The maximum Gasteiger partial charge on any atom is 0.162 e. The highest BCUT2D eigenvalue weighted by molar-refractivity contribution is 14.1. The fourth-order valence-electron chi connectivity index (χ4n) is 0.318. The van der Waals surface area contributed by atoms with Crippen molar-refractivity contribution in [3.63, 3.8) is 0 Å². The van der Waals surface area contributed by atoms with Crippen molar-refractivity contribution >= 4 is 40.2 Å². The summed E-state index contributed by atoms with van der Waals surface area (Å²) < 4.78 is 0.794. The summed E-state index contributed by atoms with van der Waals surface area (Å²) >= 11 is 3.39. The molecular formula is C4H2INOS. The summed E-state index contributed by atoms with van der Waals surface area (Å²) in [5, 5.41) is 0. The van der Waals surface area contributed by atoms with Crippen molar-refractivity contribution in [1.82, 2.24) is 4.98 Å². The number of rotatable bonds is 1. The molecule has 42 valence electrons. The van der Waals surface area contributed by atoms with E-state index in [9.17, 15) is 4.79 Å². The van der Waals surface area contributed by atoms with E-state index in [1.54, 1.807) is 5.51 Å². The van der Waals surface area contributed by atoms with Crippen molar-refractivity contribution < 1.29 is 4.79 Å². The Bertz CT molecular complexity index is 198. The Morgan fingerprint density at radius 3 is 2.88 bits per heavy atom. The molecule has 0 bridgehead atoms. The van der Waals surface area contributed by atoms with Gasteiger partial charge < -0.3 is 0 Å². The van der Waals surface area contributed by atoms with E-state index in [1.807, 2.05) is 22.6 Å². The molecule has 0 aliphatic heterocycles. The van der Waals surface area contributed by atoms with Crippen LogP contribution in [0.15, 0.2) is 5.51 Å². The summed E-state index contributed by atoms with van der Waals surface area (Å²) in [6, 6.07) is 0. The van der Waals surface area contributed by atoms with Crippen molar-refractivity contribution in [2.24, 2.45) is 0 Å². The predicted molar refractivity (Wildman–Crippen MR) is 40.2 cm³/mol. The van der Waals surface area contributed by atoms with Gasteiger partial charge in [0.1, 0.15) is 8.58 Å². The van der Waals surface area contributed by atoms with Crippen molar-refractivity contribution in [2.75, 3.05) is 0 Å². The molecule has 4 heteroatoms. The van der Waals surface area contributed by atoms with Crippen LogP contribution in [0.4, 0.5) is 0 Å². The molecule has 0 saturated heterocycles. The summed E-state index contributed by atoms with van der Waals surface area (Å²) in [6.07, 6.45) is 0.819. The van der Waals surface area contributed by atoms with Crippen LogP contribution >= 0.6 is 33.9 Å². The second kappa shape index (κ2) is 2.54. The average molecular weight is 239 g/mol. The van der Waals surface area contributed by atoms with E-state index in [2.05, 4.69) is 4.98 Å². The Morgan fingerprint density at radius 2 is 2.62 bits per heavy atom. The van der Waals surface area contributed by atoms with Crippen LogP contribution in [0.3, 0.4) is 0 Å². The summed E-state index contributed by atoms with van der Waals surface area (Å²) in [7, 11) is 0. The fourth-order valence-corrected chi connectivity index (χ4v) is 1.63. The molecule has 0 aliphatic rings. The summed E-state index contributed by atoms with van der Waals surface area (Å²) in [4.78, 5) is 14.6. The molecule has 0 unspecified atom stereocenters. The molecule has 0 atom stereocenters. The number of halogens is 1. The molecule has 0 aromatic carbocycles. The van der Waals surface area contributed by atoms with Crippen LogP contribution in [0.1, 0.15) is 9.67 Å². The van der Waals surface area contributed by atoms with Crippen molar-refractivity contribution in [3.05, 3.63) is 14.1 Å². The predicted octanol–water partition coefficient (Wildman–Crippen LogP) is 1.56. The molecular weight excluding hydrogens is 237 g/mol. The van der Waals surface area contributed by atoms with E-state index < -0.39 is 0 Å². The van der Waals surface area contributed by atoms with Gasteiger partial charge in [0.05, 0.1) is 5.51 Å². The Kier molecular flexibility index (Phi) is 1.95. The van der Waals surface area contributed by atoms with E-state index >= 15 is 0 Å². The number of carbonyl (C=O) groups excluding carboxylic acids is 1. The number of nitrogens with zero attached hydrogens (tertiary/aromatic N) is 1. The maximum atomic E-state index is 10.1. The van der Waals surface area contributed by atoms with Crippen molar-refractivity contribution in [1.29, 1.82) is 0 Å². The van der Waals surface area contributed by atoms with E-state index in [1.165, 1.54) is 11.3 Å². The van der Waals surface area contributed by atoms with Gasteiger partial charge in [-0.3, -0.25) is 4.79 Å². The molecule has 8 heavy (non-hydrogen) atoms. The monoisotopic (exact) mass is 239 g/mol. The first-order valence-corrected chi connectivity index (χ1v) is 3.84. The molecule has 1 aromatic heterocycles. The average Bonchev–Trinajstić information content (AvgIpc) is 2.14. The Labute approximate surface area is 64.1 Å². The van der Waals surface area contributed by atoms with Crippen LogP contribution in [-0.4, -0.2) is 11.3 Å². The topological polar surface area (TPSA) is 30.0 Å². The minimum atomic E-state index is 0.714. The molecule has 0 radical (unpaired) electrons. The van der Waals surface area contributed by atoms with Gasteiger partial charge in [-0.05, 0) is 22.6 Å². The maximum absolute atomic E-state index is 10.1. The minimum Gasteiger partial charge on any atom is -0.297 e. The van der Waals surface area contributed by atoms with Crippen LogP contribution < -0.4 is 0 Å². The summed E-state index contributed by atoms with van der Waals surface area (Å²) in [5.41, 5.74) is 1.66. The molecule has 1 heterocycles. The largest absolute Gasteiger partial charge is 0.297 e. The molecule has 2 nitrogen and oxygen atoms in total. The van der Waals surface area contributed by atoms with E-state index in [0.29, 0.717) is 4.88 Å². The zero-order chi connectivity index (χ0) is 5.98. The third-order valence-corrected chi connectivity index (χ3v) is 2.64. The number of thiazole rings is 1. The van der Waals surface area contributed by atoms with E-state index in [4.69, 9.17) is 0 Å². The smallest absolute Gasteiger partial charge is 0.162 e. The SMILES string of the molecule is O=Cc1scnc1I. The second-order valence-electron chi connectivity index (χ2n) is 1.13. The number of aldehydes is 1. The van der Waals surface area contributed by atoms with Gasteiger partial charge in [0.2, 0.25) is 0 Å². The number of hydrogen-bond acceptors (Lipinski definition) is 3. The quantitative estimate of drug-likeness (QED) is 0.549. The number of aromatic nitrogens is 1. The standard InChI is InChI=1S/C4H2INOS/c5-4-3(1-7)8-2-6-4/h1-2H. The molecule has 0 saturated carbocycles. The fraction of sp³-hybridized carbons (Fsp3) is 0. The van der Waals surface area contributed by atoms with Gasteiger partial charge in [0.25, 0.3) is 0 Å². The van der Waals surface area contributed by atoms with Crippen LogP contribution in [0, 0.1) is 3.70 Å². The summed E-state index contributed by atoms with van der Waals surface area (Å²) in [5.74, 6) is 0. The van der Waals surface area contributed by atoms with Gasteiger partial charge in [-0.15, -0.1) is 11.3 Å². The summed E-state index contributed by atoms with van der Waals surface area (Å²) in [6.45, 7) is 0. The van der Waals surface area contributed by atoms with Gasteiger partial charge in [0, 0.05) is 0 Å². The molecule has 1 aromatic rings. The van der Waals surface area contributed by atoms with Crippen LogP contribution in [-0.2, 0) is 0 Å². The third kappa shape index (κ3) is 1.05. The highest BCUT2D eigenvalue weighted by Gasteiger charge is 1.97. The Hall–Kier alpha value is 0.0300. The number of carbonyl (C=O) groups is 1. The lowest BCUT2D eigenvalue weighted by Crippen LogP contribution is -1.74. The van der Waals surface area contributed by atoms with Crippen LogP contribution in [0.5, 0.6) is 0 Å². The van der Waals surface area contributed by atoms with Gasteiger partial charge >= 0.3 is 0 Å². The third-order valence-electron chi connectivity index (χ3n) is 0.656. The Balaban J connectivity index is 3.09. The zero-order valence-corrected chi connectivity index (χ0v) is 6.77. The molecule has 0 aliphatic carbocycles. The van der Waals surface area contributed by atoms with Gasteiger partial charge in [-0.1, -0.05) is 0 Å². The second-order valence-corrected chi connectivity index (χ2v) is 3.03. The molecule has 0 spiro atoms. The Morgan fingerprint density at radius 1 is 1.88 bits per heavy atom. The van der Waals surface area contributed by atoms with Gasteiger partial charge in [-0.25, -0.2) is 4.98 Å². The molecule has 0 fully saturated rings. The molecule has 0 N–H and O–H groups in total. The van der Waals surface area contributed by atoms with Crippen LogP contribution in [0.2, 0.25) is 0 Å². The lowest BCUT2D eigenvalue weighted by Gasteiger charge is -1.74. The van der Waals surface area contributed by atoms with Crippen LogP contribution in [0.25, 0.3) is 0 Å². The minimum absolute atomic E-state index is 0.714. The van der Waals surface area contributed by atoms with Crippen molar-refractivity contribution in [3.8, 4) is 0 Å². The van der Waals surface area contributed by atoms with E-state index in [0.717, 1.165) is 9.99 Å². The lowest BCUT2D eigenvalue weighted by atomic mass is 10.6. The normalized spacial score (nSPS) is 9.12.